The van der Waals surface area contributed by atoms with Gasteiger partial charge in [0.05, 0.1) is 12.7 Å². The van der Waals surface area contributed by atoms with Crippen LogP contribution in [0.1, 0.15) is 40.0 Å². The molecule has 0 N–H and O–H groups in total. The zero-order valence-corrected chi connectivity index (χ0v) is 17.4. The molecule has 4 heteroatoms. The number of hydrogen-bond acceptors (Lipinski definition) is 3. The Morgan fingerprint density at radius 1 is 1.04 bits per heavy atom. The monoisotopic (exact) mass is 380 g/mol. The van der Waals surface area contributed by atoms with Crippen molar-refractivity contribution in [1.82, 2.24) is 0 Å². The van der Waals surface area contributed by atoms with Crippen LogP contribution in [0.15, 0.2) is 60.7 Å². The van der Waals surface area contributed by atoms with Crippen molar-refractivity contribution in [2.45, 2.75) is 56.8 Å². The number of ketones is 1. The first-order valence-corrected chi connectivity index (χ1v) is 11.8. The fourth-order valence-corrected chi connectivity index (χ4v) is 9.19. The average Bonchev–Trinajstić information content (AvgIpc) is 3.39. The van der Waals surface area contributed by atoms with Gasteiger partial charge < -0.3 is 9.16 Å². The highest BCUT2D eigenvalue weighted by molar-refractivity contribution is 6.99. The number of benzene rings is 2. The molecule has 1 saturated heterocycles. The largest absolute Gasteiger partial charge is 0.404 e. The molecule has 2 atom stereocenters. The van der Waals surface area contributed by atoms with Gasteiger partial charge in [-0.25, -0.2) is 0 Å². The Morgan fingerprint density at radius 3 is 2.07 bits per heavy atom. The second-order valence-corrected chi connectivity index (χ2v) is 13.1. The topological polar surface area (TPSA) is 38.8 Å². The van der Waals surface area contributed by atoms with Gasteiger partial charge in [-0.15, -0.1) is 0 Å². The third kappa shape index (κ3) is 3.00. The molecule has 1 aliphatic heterocycles. The highest BCUT2D eigenvalue weighted by Gasteiger charge is 2.64. The maximum atomic E-state index is 12.6. The lowest BCUT2D eigenvalue weighted by Crippen LogP contribution is -2.67. The van der Waals surface area contributed by atoms with Crippen molar-refractivity contribution in [2.75, 3.05) is 6.61 Å². The van der Waals surface area contributed by atoms with Gasteiger partial charge in [0.1, 0.15) is 0 Å². The quantitative estimate of drug-likeness (QED) is 0.589. The Bertz CT molecular complexity index is 773. The molecule has 1 aliphatic carbocycles. The van der Waals surface area contributed by atoms with E-state index in [9.17, 15) is 4.79 Å². The summed E-state index contributed by atoms with van der Waals surface area (Å²) >= 11 is 0. The molecule has 27 heavy (non-hydrogen) atoms. The molecule has 4 rings (SSSR count). The average molecular weight is 381 g/mol. The second-order valence-electron chi connectivity index (χ2n) is 8.76. The van der Waals surface area contributed by atoms with E-state index in [2.05, 4.69) is 69.3 Å². The third-order valence-corrected chi connectivity index (χ3v) is 11.1. The molecule has 0 amide bonds. The van der Waals surface area contributed by atoms with Crippen LogP contribution in [0.5, 0.6) is 0 Å². The summed E-state index contributed by atoms with van der Waals surface area (Å²) in [7, 11) is -2.62. The highest BCUT2D eigenvalue weighted by Crippen LogP contribution is 2.47. The molecule has 1 saturated carbocycles. The van der Waals surface area contributed by atoms with Crippen LogP contribution in [0.3, 0.4) is 0 Å². The summed E-state index contributed by atoms with van der Waals surface area (Å²) in [4.78, 5) is 12.6. The molecule has 0 spiro atoms. The van der Waals surface area contributed by atoms with Gasteiger partial charge in [0.25, 0.3) is 8.32 Å². The third-order valence-electron chi connectivity index (χ3n) is 6.08. The molecule has 2 aromatic rings. The smallest absolute Gasteiger partial charge is 0.261 e. The van der Waals surface area contributed by atoms with Gasteiger partial charge in [-0.2, -0.15) is 0 Å². The van der Waals surface area contributed by atoms with Crippen LogP contribution in [0.2, 0.25) is 5.04 Å². The molecule has 142 valence electrons. The zero-order valence-electron chi connectivity index (χ0n) is 16.4. The van der Waals surface area contributed by atoms with E-state index in [4.69, 9.17) is 9.16 Å². The molecule has 3 nitrogen and oxygen atoms in total. The predicted octanol–water partition coefficient (Wildman–Crippen LogP) is 3.45. The number of carbonyl (C=O) groups excluding carboxylic acids is 1. The van der Waals surface area contributed by atoms with E-state index in [0.29, 0.717) is 13.0 Å². The molecule has 0 radical (unpaired) electrons. The van der Waals surface area contributed by atoms with Gasteiger partial charge in [0.15, 0.2) is 11.4 Å². The number of fused-ring (bicyclic) bond motifs is 1. The summed E-state index contributed by atoms with van der Waals surface area (Å²) in [6.07, 6.45) is 2.57. The molecule has 2 aromatic carbocycles. The Balaban J connectivity index is 1.77. The van der Waals surface area contributed by atoms with Crippen LogP contribution in [0.4, 0.5) is 0 Å². The van der Waals surface area contributed by atoms with Gasteiger partial charge in [-0.05, 0) is 28.3 Å². The molecule has 0 aromatic heterocycles. The second kappa shape index (κ2) is 6.69. The van der Waals surface area contributed by atoms with Gasteiger partial charge in [0.2, 0.25) is 0 Å². The van der Waals surface area contributed by atoms with Gasteiger partial charge in [-0.3, -0.25) is 4.79 Å². The minimum absolute atomic E-state index is 0.0527. The van der Waals surface area contributed by atoms with E-state index in [-0.39, 0.29) is 16.9 Å². The number of carbonyl (C=O) groups is 1. The summed E-state index contributed by atoms with van der Waals surface area (Å²) in [5, 5.41) is 2.38. The van der Waals surface area contributed by atoms with Crippen molar-refractivity contribution in [2.24, 2.45) is 0 Å². The number of epoxide rings is 1. The molecule has 2 fully saturated rings. The van der Waals surface area contributed by atoms with Gasteiger partial charge >= 0.3 is 0 Å². The van der Waals surface area contributed by atoms with Crippen molar-refractivity contribution < 1.29 is 14.0 Å². The summed E-state index contributed by atoms with van der Waals surface area (Å²) < 4.78 is 12.8. The molecular weight excluding hydrogens is 352 g/mol. The van der Waals surface area contributed by atoms with Crippen molar-refractivity contribution in [3.05, 3.63) is 60.7 Å². The fourth-order valence-electron chi connectivity index (χ4n) is 4.60. The summed E-state index contributed by atoms with van der Waals surface area (Å²) in [6.45, 7) is 7.13. The maximum absolute atomic E-state index is 12.6. The maximum Gasteiger partial charge on any atom is 0.261 e. The molecule has 2 unspecified atom stereocenters. The van der Waals surface area contributed by atoms with E-state index in [1.165, 1.54) is 10.4 Å². The van der Waals surface area contributed by atoms with E-state index in [1.807, 2.05) is 12.1 Å². The first kappa shape index (κ1) is 18.6. The summed E-state index contributed by atoms with van der Waals surface area (Å²) in [5.41, 5.74) is -0.689. The standard InChI is InChI=1S/C23H28O3Si/c1-22(2,3)27(18-11-6-4-7-12-18,19-13-8-5-9-14-19)25-17-23-20(24)15-10-16-21(23)26-23/h4-9,11-14,21H,10,15-17H2,1-3H3. The van der Waals surface area contributed by atoms with E-state index >= 15 is 0 Å². The normalized spacial score (nSPS) is 25.1. The summed E-state index contributed by atoms with van der Waals surface area (Å²) in [5.74, 6) is 0.219. The molecule has 0 bridgehead atoms. The highest BCUT2D eigenvalue weighted by atomic mass is 28.4. The first-order chi connectivity index (χ1) is 12.9. The Morgan fingerprint density at radius 2 is 1.59 bits per heavy atom. The van der Waals surface area contributed by atoms with Gasteiger partial charge in [-0.1, -0.05) is 81.4 Å². The van der Waals surface area contributed by atoms with Crippen LogP contribution >= 0.6 is 0 Å². The minimum atomic E-state index is -2.62. The lowest BCUT2D eigenvalue weighted by molar-refractivity contribution is -0.125. The summed E-state index contributed by atoms with van der Waals surface area (Å²) in [6, 6.07) is 21.1. The van der Waals surface area contributed by atoms with Crippen LogP contribution in [0, 0.1) is 0 Å². The van der Waals surface area contributed by atoms with Crippen molar-refractivity contribution in [1.29, 1.82) is 0 Å². The number of hydrogen-bond donors (Lipinski definition) is 0. The van der Waals surface area contributed by atoms with Gasteiger partial charge in [0, 0.05) is 6.42 Å². The fraction of sp³-hybridized carbons (Fsp3) is 0.435. The Kier molecular flexibility index (Phi) is 4.61. The van der Waals surface area contributed by atoms with Crippen LogP contribution < -0.4 is 10.4 Å². The van der Waals surface area contributed by atoms with Crippen LogP contribution in [-0.4, -0.2) is 32.4 Å². The lowest BCUT2D eigenvalue weighted by Gasteiger charge is -2.43. The first-order valence-electron chi connectivity index (χ1n) is 9.86. The van der Waals surface area contributed by atoms with E-state index in [1.54, 1.807) is 0 Å². The van der Waals surface area contributed by atoms with Crippen molar-refractivity contribution in [3.8, 4) is 0 Å². The molecule has 1 heterocycles. The number of rotatable bonds is 5. The Labute approximate surface area is 162 Å². The minimum Gasteiger partial charge on any atom is -0.404 e. The van der Waals surface area contributed by atoms with Crippen molar-refractivity contribution >= 4 is 24.5 Å². The van der Waals surface area contributed by atoms with E-state index < -0.39 is 13.9 Å². The zero-order chi connectivity index (χ0) is 19.1. The van der Waals surface area contributed by atoms with Crippen LogP contribution in [-0.2, 0) is 14.0 Å². The Hall–Kier alpha value is -1.75. The van der Waals surface area contributed by atoms with Crippen molar-refractivity contribution in [3.63, 3.8) is 0 Å². The lowest BCUT2D eigenvalue weighted by atomic mass is 9.88. The van der Waals surface area contributed by atoms with Crippen LogP contribution in [0.25, 0.3) is 0 Å². The molecular formula is C23H28O3Si. The molecule has 2 aliphatic rings. The predicted molar refractivity (Wildman–Crippen MR) is 110 cm³/mol. The number of Topliss-reactive ketones (excluding diaryl/α,β-unsaturated/α-hetero) is 1. The van der Waals surface area contributed by atoms with E-state index in [0.717, 1.165) is 12.8 Å². The SMILES string of the molecule is CC(C)(C)[Si](OCC12OC1CCCC2=O)(c1ccccc1)c1ccccc1. The number of ether oxygens (including phenoxy) is 1.